The van der Waals surface area contributed by atoms with E-state index < -0.39 is 98.6 Å². The Labute approximate surface area is 241 Å². The molecule has 0 saturated heterocycles. The van der Waals surface area contributed by atoms with Gasteiger partial charge >= 0.3 is 12.1 Å². The molecule has 0 bridgehead atoms. The van der Waals surface area contributed by atoms with Crippen LogP contribution in [0.5, 0.6) is 0 Å². The maximum absolute atomic E-state index is 13.4. The molecule has 39 heavy (non-hydrogen) atoms. The molecule has 1 aromatic rings. The Morgan fingerprint density at radius 3 is 2.31 bits per heavy atom. The minimum absolute atomic E-state index is 0.0698. The minimum Gasteiger partial charge on any atom is -0.459 e. The Morgan fingerprint density at radius 1 is 1.08 bits per heavy atom. The van der Waals surface area contributed by atoms with E-state index in [4.69, 9.17) is 17.7 Å². The second-order valence-corrected chi connectivity index (χ2v) is 11.0. The molecule has 4 N–H and O–H groups in total. The van der Waals surface area contributed by atoms with Gasteiger partial charge in [-0.25, -0.2) is 9.59 Å². The Balaban J connectivity index is 2.33. The van der Waals surface area contributed by atoms with Crippen LogP contribution in [0, 0.1) is 11.8 Å². The molecule has 1 saturated carbocycles. The van der Waals surface area contributed by atoms with Gasteiger partial charge in [0.1, 0.15) is 24.4 Å². The number of hydrogen-bond acceptors (Lipinski definition) is 7. The number of nitrogens with one attached hydrogen (secondary N) is 2. The molecule has 0 heterocycles. The zero-order valence-electron chi connectivity index (χ0n) is 29.4. The molecule has 1 fully saturated rings. The summed E-state index contributed by atoms with van der Waals surface area (Å²) in [6.07, 6.45) is -12.8. The maximum Gasteiger partial charge on any atom is 0.408 e. The maximum atomic E-state index is 13.4. The monoisotopic (exact) mass is 560 g/mol. The zero-order valence-corrected chi connectivity index (χ0v) is 23.4. The summed E-state index contributed by atoms with van der Waals surface area (Å²) in [6.45, 7) is 8.30. The van der Waals surface area contributed by atoms with E-state index in [0.29, 0.717) is 5.56 Å². The zero-order chi connectivity index (χ0) is 34.3. The van der Waals surface area contributed by atoms with Crippen molar-refractivity contribution >= 4 is 18.0 Å². The lowest BCUT2D eigenvalue weighted by atomic mass is 9.82. The first kappa shape index (κ1) is 24.2. The first-order valence-corrected chi connectivity index (χ1v) is 13.2. The third-order valence-corrected chi connectivity index (χ3v) is 5.75. The number of ether oxygens (including phenoxy) is 2. The van der Waals surface area contributed by atoms with Crippen LogP contribution in [0.4, 0.5) is 4.79 Å². The normalized spacial score (nSPS) is 32.5. The van der Waals surface area contributed by atoms with Crippen molar-refractivity contribution in [1.29, 1.82) is 0 Å². The predicted octanol–water partition coefficient (Wildman–Crippen LogP) is 4.24. The molecule has 0 aromatic heterocycles. The molecule has 9 nitrogen and oxygen atoms in total. The fourth-order valence-corrected chi connectivity index (χ4v) is 3.94. The van der Waals surface area contributed by atoms with Crippen LogP contribution in [0.25, 0.3) is 0 Å². The van der Waals surface area contributed by atoms with Crippen LogP contribution in [-0.2, 0) is 25.7 Å². The second kappa shape index (κ2) is 15.8. The third-order valence-electron chi connectivity index (χ3n) is 5.75. The van der Waals surface area contributed by atoms with Gasteiger partial charge in [-0.05, 0) is 51.0 Å². The molecule has 2 rings (SSSR count). The van der Waals surface area contributed by atoms with Crippen molar-refractivity contribution in [3.05, 3.63) is 35.9 Å². The average molecular weight is 561 g/mol. The van der Waals surface area contributed by atoms with Gasteiger partial charge in [-0.15, -0.1) is 0 Å². The summed E-state index contributed by atoms with van der Waals surface area (Å²) in [4.78, 5) is 39.0. The van der Waals surface area contributed by atoms with Crippen molar-refractivity contribution in [1.82, 2.24) is 10.6 Å². The number of carbonyl (C=O) groups excluding carboxylic acids is 3. The van der Waals surface area contributed by atoms with Crippen molar-refractivity contribution < 1.29 is 42.3 Å². The van der Waals surface area contributed by atoms with Crippen molar-refractivity contribution in [3.63, 3.8) is 0 Å². The van der Waals surface area contributed by atoms with Crippen LogP contribution in [0.1, 0.15) is 99.7 Å². The SMILES string of the molecule is [3H]C1C([3H])C([3H])C([3H])(C[C@H](NC(=O)C[C@H](NC(=O)OC(C)(C)C)C(=O)OCc2ccccc2)[C@@H](O)[C@@H](O)CC(C)C)C([3H])C1[3H]. The fraction of sp³-hybridized carbons (Fsp3) is 0.700. The van der Waals surface area contributed by atoms with E-state index in [1.165, 1.54) is 0 Å². The summed E-state index contributed by atoms with van der Waals surface area (Å²) in [7, 11) is 0. The summed E-state index contributed by atoms with van der Waals surface area (Å²) in [5, 5.41) is 26.7. The summed E-state index contributed by atoms with van der Waals surface area (Å²) in [5.41, 5.74) is -0.259. The van der Waals surface area contributed by atoms with Crippen LogP contribution in [0.3, 0.4) is 0 Å². The molecular weight excluding hydrogens is 500 g/mol. The number of benzene rings is 1. The highest BCUT2D eigenvalue weighted by Crippen LogP contribution is 2.29. The van der Waals surface area contributed by atoms with Gasteiger partial charge in [-0.3, -0.25) is 4.79 Å². The molecule has 1 aromatic carbocycles. The quantitative estimate of drug-likeness (QED) is 0.265. The number of aliphatic hydroxyl groups excluding tert-OH is 2. The van der Waals surface area contributed by atoms with Crippen molar-refractivity contribution in [2.75, 3.05) is 0 Å². The van der Waals surface area contributed by atoms with Crippen molar-refractivity contribution in [3.8, 4) is 0 Å². The third kappa shape index (κ3) is 12.8. The highest BCUT2D eigenvalue weighted by Gasteiger charge is 2.33. The summed E-state index contributed by atoms with van der Waals surface area (Å²) >= 11 is 0. The Kier molecular flexibility index (Phi) is 9.80. The van der Waals surface area contributed by atoms with Crippen molar-refractivity contribution in [2.24, 2.45) is 11.8 Å². The van der Waals surface area contributed by atoms with Gasteiger partial charge in [0, 0.05) is 8.22 Å². The fourth-order valence-electron chi connectivity index (χ4n) is 3.94. The molecule has 4 unspecified atom stereocenters. The van der Waals surface area contributed by atoms with Gasteiger partial charge in [0.05, 0.1) is 18.6 Å². The van der Waals surface area contributed by atoms with Gasteiger partial charge in [0.2, 0.25) is 5.91 Å². The first-order valence-electron chi connectivity index (χ1n) is 16.6. The Hall–Kier alpha value is -2.65. The van der Waals surface area contributed by atoms with E-state index in [0.717, 1.165) is 0 Å². The summed E-state index contributed by atoms with van der Waals surface area (Å²) in [6, 6.07) is 5.75. The molecule has 1 aliphatic carbocycles. The molecule has 9 heteroatoms. The predicted molar refractivity (Wildman–Crippen MR) is 149 cm³/mol. The highest BCUT2D eigenvalue weighted by atomic mass is 16.6. The van der Waals surface area contributed by atoms with Crippen molar-refractivity contribution in [2.45, 2.75) is 122 Å². The number of carbonyl (C=O) groups is 3. The van der Waals surface area contributed by atoms with Gasteiger partial charge in [0.25, 0.3) is 0 Å². The number of esters is 1. The molecule has 1 aliphatic rings. The van der Waals surface area contributed by atoms with Gasteiger partial charge in [-0.1, -0.05) is 76.2 Å². The Morgan fingerprint density at radius 2 is 1.72 bits per heavy atom. The summed E-state index contributed by atoms with van der Waals surface area (Å²) in [5.74, 6) is -4.07. The molecule has 0 spiro atoms. The number of hydrogen-bond donors (Lipinski definition) is 4. The molecule has 8 atom stereocenters. The lowest BCUT2D eigenvalue weighted by Gasteiger charge is -2.33. The second-order valence-electron chi connectivity index (χ2n) is 11.0. The molecule has 0 radical (unpaired) electrons. The Bertz CT molecular complexity index is 1110. The number of alkyl carbamates (subject to hydrolysis) is 1. The lowest BCUT2D eigenvalue weighted by Crippen LogP contribution is -2.52. The van der Waals surface area contributed by atoms with Crippen LogP contribution < -0.4 is 10.6 Å². The topological polar surface area (TPSA) is 134 Å². The van der Waals surface area contributed by atoms with E-state index in [1.807, 2.05) is 0 Å². The summed E-state index contributed by atoms with van der Waals surface area (Å²) < 4.78 is 60.9. The first-order chi connectivity index (χ1) is 20.8. The highest BCUT2D eigenvalue weighted by molar-refractivity contribution is 5.88. The van der Waals surface area contributed by atoms with E-state index in [1.54, 1.807) is 65.0 Å². The van der Waals surface area contributed by atoms with Crippen LogP contribution in [0.2, 0.25) is 0 Å². The van der Waals surface area contributed by atoms with Crippen LogP contribution in [-0.4, -0.2) is 58.1 Å². The number of rotatable bonds is 13. The standard InChI is InChI=1S/C30H48N2O7/c1-20(2)16-25(33)27(35)23(17-21-12-8-6-9-13-21)31-26(34)18-24(32-29(37)39-30(3,4)5)28(36)38-19-22-14-10-7-11-15-22/h7,10-11,14-15,20-21,23-25,27,33,35H,6,8-9,12-13,16-19H2,1-5H3,(H,31,34)(H,32,37)/t23-,24-,25-,27+/m0/s1/i6T,8T,9T,12T,13T,21T/t6?,8?,9?,12?,13?,21?,23-,24-,25-,27+. The minimum atomic E-state index is -2.16. The largest absolute Gasteiger partial charge is 0.459 e. The number of aliphatic hydroxyl groups is 2. The average Bonchev–Trinajstić information content (AvgIpc) is 2.95. The number of amides is 2. The van der Waals surface area contributed by atoms with Gasteiger partial charge in [0.15, 0.2) is 0 Å². The molecular formula is C30H48N2O7. The lowest BCUT2D eigenvalue weighted by molar-refractivity contribution is -0.149. The van der Waals surface area contributed by atoms with Crippen LogP contribution in [0.15, 0.2) is 30.3 Å². The van der Waals surface area contributed by atoms with E-state index >= 15 is 0 Å². The van der Waals surface area contributed by atoms with E-state index in [2.05, 4.69) is 10.6 Å². The van der Waals surface area contributed by atoms with Gasteiger partial charge in [-0.2, -0.15) is 0 Å². The molecule has 0 aliphatic heterocycles. The van der Waals surface area contributed by atoms with E-state index in [-0.39, 0.29) is 18.9 Å². The smallest absolute Gasteiger partial charge is 0.408 e. The molecule has 220 valence electrons. The molecule has 2 amide bonds. The van der Waals surface area contributed by atoms with Gasteiger partial charge < -0.3 is 30.3 Å². The van der Waals surface area contributed by atoms with Crippen LogP contribution >= 0.6 is 0 Å². The van der Waals surface area contributed by atoms with E-state index in [9.17, 15) is 24.6 Å².